The monoisotopic (exact) mass is 409 g/mol. The number of rotatable bonds is 5. The molecule has 0 bridgehead atoms. The molecule has 30 heavy (non-hydrogen) atoms. The molecule has 1 aliphatic rings. The Balaban J connectivity index is 1.79. The number of ether oxygens (including phenoxy) is 1. The summed E-state index contributed by atoms with van der Waals surface area (Å²) in [4.78, 5) is 39.1. The summed E-state index contributed by atoms with van der Waals surface area (Å²) in [6.07, 6.45) is 0. The van der Waals surface area contributed by atoms with E-state index in [0.717, 1.165) is 10.5 Å². The molecule has 2 aromatic carbocycles. The minimum absolute atomic E-state index is 0.117. The van der Waals surface area contributed by atoms with Crippen molar-refractivity contribution in [1.82, 2.24) is 10.2 Å². The summed E-state index contributed by atoms with van der Waals surface area (Å²) >= 11 is 0. The molecular weight excluding hydrogens is 382 g/mol. The number of hydrogen-bond donors (Lipinski definition) is 2. The van der Waals surface area contributed by atoms with Gasteiger partial charge in [0.05, 0.1) is 12.8 Å². The molecule has 3 rings (SSSR count). The van der Waals surface area contributed by atoms with Crippen LogP contribution in [0.4, 0.5) is 10.5 Å². The molecule has 0 saturated carbocycles. The van der Waals surface area contributed by atoms with E-state index in [-0.39, 0.29) is 5.41 Å². The number of nitrogens with zero attached hydrogens (tertiary/aromatic N) is 1. The number of amides is 4. The molecular formula is C23H27N3O4. The first kappa shape index (κ1) is 21.4. The quantitative estimate of drug-likeness (QED) is 0.741. The van der Waals surface area contributed by atoms with Crippen LogP contribution in [0.25, 0.3) is 0 Å². The van der Waals surface area contributed by atoms with Crippen LogP contribution in [-0.4, -0.2) is 36.4 Å². The molecule has 0 aliphatic carbocycles. The van der Waals surface area contributed by atoms with Crippen molar-refractivity contribution >= 4 is 23.5 Å². The molecule has 4 amide bonds. The molecule has 7 heteroatoms. The summed E-state index contributed by atoms with van der Waals surface area (Å²) in [5.74, 6) is -0.452. The highest BCUT2D eigenvalue weighted by Crippen LogP contribution is 2.32. The van der Waals surface area contributed by atoms with Crippen LogP contribution in [-0.2, 0) is 20.5 Å². The third-order valence-electron chi connectivity index (χ3n) is 5.27. The van der Waals surface area contributed by atoms with Crippen molar-refractivity contribution < 1.29 is 19.1 Å². The van der Waals surface area contributed by atoms with Gasteiger partial charge in [-0.05, 0) is 35.6 Å². The van der Waals surface area contributed by atoms with Gasteiger partial charge in [0.25, 0.3) is 5.91 Å². The van der Waals surface area contributed by atoms with E-state index < -0.39 is 29.9 Å². The minimum atomic E-state index is -1.21. The number of urea groups is 1. The molecule has 1 saturated heterocycles. The number of imide groups is 1. The molecule has 0 radical (unpaired) electrons. The van der Waals surface area contributed by atoms with E-state index in [1.807, 2.05) is 18.2 Å². The van der Waals surface area contributed by atoms with Crippen molar-refractivity contribution in [3.05, 3.63) is 59.7 Å². The summed E-state index contributed by atoms with van der Waals surface area (Å²) < 4.78 is 5.34. The Hall–Kier alpha value is -3.35. The van der Waals surface area contributed by atoms with Crippen LogP contribution in [0, 0.1) is 0 Å². The first-order chi connectivity index (χ1) is 14.1. The summed E-state index contributed by atoms with van der Waals surface area (Å²) in [6.45, 7) is 7.44. The third-order valence-corrected chi connectivity index (χ3v) is 5.27. The zero-order valence-electron chi connectivity index (χ0n) is 17.9. The van der Waals surface area contributed by atoms with Gasteiger partial charge in [0, 0.05) is 0 Å². The van der Waals surface area contributed by atoms with Crippen molar-refractivity contribution in [1.29, 1.82) is 0 Å². The van der Waals surface area contributed by atoms with Gasteiger partial charge in [0.2, 0.25) is 5.91 Å². The second kappa shape index (κ2) is 7.82. The fraction of sp³-hybridized carbons (Fsp3) is 0.348. The van der Waals surface area contributed by atoms with Crippen LogP contribution in [0.15, 0.2) is 48.5 Å². The molecule has 7 nitrogen and oxygen atoms in total. The highest BCUT2D eigenvalue weighted by atomic mass is 16.5. The lowest BCUT2D eigenvalue weighted by atomic mass is 9.87. The van der Waals surface area contributed by atoms with Crippen LogP contribution in [0.5, 0.6) is 5.75 Å². The van der Waals surface area contributed by atoms with Crippen molar-refractivity contribution in [2.45, 2.75) is 38.6 Å². The Bertz CT molecular complexity index is 982. The summed E-state index contributed by atoms with van der Waals surface area (Å²) in [6, 6.07) is 13.9. The standard InChI is InChI=1S/C23H27N3O4/c1-22(2,3)16-11-12-18(30-5)17(13-16)24-19(27)14-26-20(28)23(4,25-21(26)29)15-9-7-6-8-10-15/h6-13H,14H2,1-5H3,(H,24,27)(H,25,29)/t23-/m1/s1. The highest BCUT2D eigenvalue weighted by Gasteiger charge is 2.49. The van der Waals surface area contributed by atoms with E-state index in [9.17, 15) is 14.4 Å². The van der Waals surface area contributed by atoms with Gasteiger partial charge in [-0.15, -0.1) is 0 Å². The van der Waals surface area contributed by atoms with Crippen LogP contribution in [0.1, 0.15) is 38.8 Å². The number of methoxy groups -OCH3 is 1. The molecule has 158 valence electrons. The SMILES string of the molecule is COc1ccc(C(C)(C)C)cc1NC(=O)CN1C(=O)N[C@](C)(c2ccccc2)C1=O. The van der Waals surface area contributed by atoms with Crippen LogP contribution >= 0.6 is 0 Å². The van der Waals surface area contributed by atoms with Crippen LogP contribution in [0.3, 0.4) is 0 Å². The maximum absolute atomic E-state index is 13.0. The van der Waals surface area contributed by atoms with Gasteiger partial charge in [0.15, 0.2) is 0 Å². The lowest BCUT2D eigenvalue weighted by Crippen LogP contribution is -2.42. The maximum atomic E-state index is 13.0. The van der Waals surface area contributed by atoms with Crippen molar-refractivity contribution in [2.24, 2.45) is 0 Å². The van der Waals surface area contributed by atoms with Crippen molar-refractivity contribution in [3.8, 4) is 5.75 Å². The molecule has 1 atom stereocenters. The van der Waals surface area contributed by atoms with E-state index in [2.05, 4.69) is 31.4 Å². The molecule has 1 heterocycles. The topological polar surface area (TPSA) is 87.7 Å². The zero-order chi connectivity index (χ0) is 22.1. The number of hydrogen-bond acceptors (Lipinski definition) is 4. The molecule has 1 fully saturated rings. The first-order valence-electron chi connectivity index (χ1n) is 9.74. The van der Waals surface area contributed by atoms with Crippen molar-refractivity contribution in [2.75, 3.05) is 19.0 Å². The Morgan fingerprint density at radius 3 is 2.40 bits per heavy atom. The summed E-state index contributed by atoms with van der Waals surface area (Å²) in [5, 5.41) is 5.47. The summed E-state index contributed by atoms with van der Waals surface area (Å²) in [5.41, 5.74) is 0.847. The van der Waals surface area contributed by atoms with E-state index >= 15 is 0 Å². The number of anilines is 1. The Labute approximate surface area is 176 Å². The van der Waals surface area contributed by atoms with E-state index in [1.165, 1.54) is 7.11 Å². The highest BCUT2D eigenvalue weighted by molar-refractivity contribution is 6.10. The predicted octanol–water partition coefficient (Wildman–Crippen LogP) is 3.40. The zero-order valence-corrected chi connectivity index (χ0v) is 17.9. The minimum Gasteiger partial charge on any atom is -0.495 e. The average Bonchev–Trinajstić information content (AvgIpc) is 2.92. The second-order valence-corrected chi connectivity index (χ2v) is 8.53. The number of carbonyl (C=O) groups excluding carboxylic acids is 3. The van der Waals surface area contributed by atoms with Crippen molar-refractivity contribution in [3.63, 3.8) is 0 Å². The van der Waals surface area contributed by atoms with Gasteiger partial charge in [-0.3, -0.25) is 14.5 Å². The normalized spacial score (nSPS) is 18.9. The Kier molecular flexibility index (Phi) is 5.57. The van der Waals surface area contributed by atoms with Gasteiger partial charge in [0.1, 0.15) is 17.8 Å². The molecule has 1 aliphatic heterocycles. The number of nitrogens with one attached hydrogen (secondary N) is 2. The van der Waals surface area contributed by atoms with E-state index in [0.29, 0.717) is 17.0 Å². The lowest BCUT2D eigenvalue weighted by molar-refractivity contribution is -0.133. The number of benzene rings is 2. The number of carbonyl (C=O) groups is 3. The molecule has 0 spiro atoms. The Morgan fingerprint density at radius 1 is 1.13 bits per heavy atom. The first-order valence-corrected chi connectivity index (χ1v) is 9.74. The largest absolute Gasteiger partial charge is 0.495 e. The molecule has 2 N–H and O–H groups in total. The van der Waals surface area contributed by atoms with Gasteiger partial charge in [-0.25, -0.2) is 4.79 Å². The van der Waals surface area contributed by atoms with Gasteiger partial charge < -0.3 is 15.4 Å². The maximum Gasteiger partial charge on any atom is 0.325 e. The van der Waals surface area contributed by atoms with Crippen LogP contribution < -0.4 is 15.4 Å². The van der Waals surface area contributed by atoms with Gasteiger partial charge in [-0.1, -0.05) is 57.2 Å². The summed E-state index contributed by atoms with van der Waals surface area (Å²) in [7, 11) is 1.52. The lowest BCUT2D eigenvalue weighted by Gasteiger charge is -2.22. The van der Waals surface area contributed by atoms with E-state index in [1.54, 1.807) is 37.3 Å². The van der Waals surface area contributed by atoms with E-state index in [4.69, 9.17) is 4.74 Å². The third kappa shape index (κ3) is 4.01. The smallest absolute Gasteiger partial charge is 0.325 e. The second-order valence-electron chi connectivity index (χ2n) is 8.53. The Morgan fingerprint density at radius 2 is 1.80 bits per heavy atom. The molecule has 2 aromatic rings. The molecule has 0 unspecified atom stereocenters. The van der Waals surface area contributed by atoms with Gasteiger partial charge in [-0.2, -0.15) is 0 Å². The predicted molar refractivity (Wildman–Crippen MR) is 114 cm³/mol. The fourth-order valence-corrected chi connectivity index (χ4v) is 3.41. The average molecular weight is 409 g/mol. The van der Waals surface area contributed by atoms with Gasteiger partial charge >= 0.3 is 6.03 Å². The fourth-order valence-electron chi connectivity index (χ4n) is 3.41. The molecule has 0 aromatic heterocycles. The van der Waals surface area contributed by atoms with Crippen LogP contribution in [0.2, 0.25) is 0 Å².